The second kappa shape index (κ2) is 7.43. The average Bonchev–Trinajstić information content (AvgIpc) is 2.50. The molecule has 0 heterocycles. The van der Waals surface area contributed by atoms with Gasteiger partial charge in [0.05, 0.1) is 0 Å². The second-order valence-corrected chi connectivity index (χ2v) is 6.01. The maximum atomic E-state index is 12.1. The fourth-order valence-corrected chi connectivity index (χ4v) is 2.40. The molecule has 0 spiro atoms. The van der Waals surface area contributed by atoms with Crippen molar-refractivity contribution < 1.29 is 10.1 Å². The van der Waals surface area contributed by atoms with E-state index in [1.165, 1.54) is 5.56 Å². The molecule has 0 aliphatic rings. The van der Waals surface area contributed by atoms with Crippen LogP contribution in [0.2, 0.25) is 5.02 Å². The Labute approximate surface area is 136 Å². The van der Waals surface area contributed by atoms with E-state index in [9.17, 15) is 4.79 Å². The van der Waals surface area contributed by atoms with Gasteiger partial charge in [0.25, 0.3) is 5.91 Å². The van der Waals surface area contributed by atoms with E-state index in [0.29, 0.717) is 6.54 Å². The van der Waals surface area contributed by atoms with Gasteiger partial charge in [-0.2, -0.15) is 0 Å². The zero-order chi connectivity index (χ0) is 16.1. The van der Waals surface area contributed by atoms with Crippen LogP contribution < -0.4 is 10.6 Å². The standard InChI is InChI=1S/C18H21ClN2O/c1-12-5-4-6-17(13(12)2)21-18(22)11-20-14(3)15-7-9-16(19)10-8-15/h4-10,14,20H,11H2,1-3H3,(H,21,22)/p+1/t14-/m0/s1. The Bertz CT molecular complexity index is 653. The summed E-state index contributed by atoms with van der Waals surface area (Å²) < 4.78 is 0. The molecule has 116 valence electrons. The first-order chi connectivity index (χ1) is 10.5. The molecule has 0 aromatic heterocycles. The zero-order valence-electron chi connectivity index (χ0n) is 13.2. The summed E-state index contributed by atoms with van der Waals surface area (Å²) in [6.45, 7) is 6.52. The van der Waals surface area contributed by atoms with Crippen molar-refractivity contribution in [3.05, 3.63) is 64.2 Å². The lowest BCUT2D eigenvalue weighted by Gasteiger charge is -2.13. The molecule has 4 heteroatoms. The first-order valence-corrected chi connectivity index (χ1v) is 7.80. The molecule has 2 rings (SSSR count). The summed E-state index contributed by atoms with van der Waals surface area (Å²) in [6.07, 6.45) is 0. The molecule has 3 N–H and O–H groups in total. The maximum Gasteiger partial charge on any atom is 0.279 e. The van der Waals surface area contributed by atoms with Gasteiger partial charge in [-0.1, -0.05) is 35.9 Å². The number of hydrogen-bond acceptors (Lipinski definition) is 1. The topological polar surface area (TPSA) is 45.7 Å². The highest BCUT2D eigenvalue weighted by molar-refractivity contribution is 6.30. The molecule has 2 aromatic carbocycles. The van der Waals surface area contributed by atoms with Gasteiger partial charge >= 0.3 is 0 Å². The molecule has 0 fully saturated rings. The van der Waals surface area contributed by atoms with E-state index in [4.69, 9.17) is 11.6 Å². The van der Waals surface area contributed by atoms with Crippen molar-refractivity contribution in [2.45, 2.75) is 26.8 Å². The van der Waals surface area contributed by atoms with Crippen LogP contribution in [0.1, 0.15) is 29.7 Å². The summed E-state index contributed by atoms with van der Waals surface area (Å²) in [6, 6.07) is 13.9. The number of carbonyl (C=O) groups excluding carboxylic acids is 1. The highest BCUT2D eigenvalue weighted by Crippen LogP contribution is 2.17. The smallest absolute Gasteiger partial charge is 0.279 e. The Hall–Kier alpha value is -1.84. The Morgan fingerprint density at radius 3 is 2.55 bits per heavy atom. The van der Waals surface area contributed by atoms with Gasteiger partial charge in [-0.15, -0.1) is 0 Å². The lowest BCUT2D eigenvalue weighted by Crippen LogP contribution is -2.86. The summed E-state index contributed by atoms with van der Waals surface area (Å²) in [7, 11) is 0. The largest absolute Gasteiger partial charge is 0.333 e. The lowest BCUT2D eigenvalue weighted by molar-refractivity contribution is -0.682. The summed E-state index contributed by atoms with van der Waals surface area (Å²) in [5.41, 5.74) is 4.33. The molecule has 0 unspecified atom stereocenters. The van der Waals surface area contributed by atoms with Crippen LogP contribution in [0.25, 0.3) is 0 Å². The molecule has 0 saturated heterocycles. The normalized spacial score (nSPS) is 12.0. The highest BCUT2D eigenvalue weighted by Gasteiger charge is 2.12. The van der Waals surface area contributed by atoms with Gasteiger partial charge in [0.15, 0.2) is 6.54 Å². The molecule has 0 bridgehead atoms. The van der Waals surface area contributed by atoms with E-state index in [2.05, 4.69) is 12.2 Å². The second-order valence-electron chi connectivity index (χ2n) is 5.58. The number of benzene rings is 2. The molecule has 0 radical (unpaired) electrons. The number of aryl methyl sites for hydroxylation is 1. The van der Waals surface area contributed by atoms with Gasteiger partial charge in [0.2, 0.25) is 0 Å². The van der Waals surface area contributed by atoms with Crippen LogP contribution in [-0.4, -0.2) is 12.5 Å². The molecule has 22 heavy (non-hydrogen) atoms. The molecule has 0 aliphatic carbocycles. The van der Waals surface area contributed by atoms with Gasteiger partial charge in [0, 0.05) is 16.3 Å². The van der Waals surface area contributed by atoms with Crippen molar-refractivity contribution in [2.75, 3.05) is 11.9 Å². The Balaban J connectivity index is 1.90. The van der Waals surface area contributed by atoms with Gasteiger partial charge < -0.3 is 10.6 Å². The predicted molar refractivity (Wildman–Crippen MR) is 91.2 cm³/mol. The first-order valence-electron chi connectivity index (χ1n) is 7.42. The average molecular weight is 318 g/mol. The van der Waals surface area contributed by atoms with E-state index in [0.717, 1.165) is 21.8 Å². The number of amides is 1. The number of anilines is 1. The molecule has 0 saturated carbocycles. The van der Waals surface area contributed by atoms with Crippen LogP contribution in [-0.2, 0) is 4.79 Å². The molecule has 1 amide bonds. The molecule has 0 aliphatic heterocycles. The summed E-state index contributed by atoms with van der Waals surface area (Å²) in [4.78, 5) is 12.1. The van der Waals surface area contributed by atoms with Crippen LogP contribution in [0.15, 0.2) is 42.5 Å². The summed E-state index contributed by atoms with van der Waals surface area (Å²) >= 11 is 5.89. The van der Waals surface area contributed by atoms with Crippen molar-refractivity contribution in [3.63, 3.8) is 0 Å². The van der Waals surface area contributed by atoms with E-state index in [1.54, 1.807) is 0 Å². The van der Waals surface area contributed by atoms with E-state index in [1.807, 2.05) is 61.6 Å². The van der Waals surface area contributed by atoms with E-state index < -0.39 is 0 Å². The van der Waals surface area contributed by atoms with Crippen molar-refractivity contribution in [2.24, 2.45) is 0 Å². The van der Waals surface area contributed by atoms with Crippen LogP contribution >= 0.6 is 11.6 Å². The fraction of sp³-hybridized carbons (Fsp3) is 0.278. The van der Waals surface area contributed by atoms with Gasteiger partial charge in [-0.3, -0.25) is 4.79 Å². The molecular weight excluding hydrogens is 296 g/mol. The van der Waals surface area contributed by atoms with Gasteiger partial charge in [-0.25, -0.2) is 0 Å². The van der Waals surface area contributed by atoms with E-state index in [-0.39, 0.29) is 11.9 Å². The van der Waals surface area contributed by atoms with Crippen LogP contribution in [0.4, 0.5) is 5.69 Å². The first kappa shape index (κ1) is 16.5. The number of carbonyl (C=O) groups is 1. The number of quaternary nitrogens is 1. The number of halogens is 1. The van der Waals surface area contributed by atoms with Crippen molar-refractivity contribution in [3.8, 4) is 0 Å². The van der Waals surface area contributed by atoms with Gasteiger partial charge in [-0.05, 0) is 50.1 Å². The third kappa shape index (κ3) is 4.33. The lowest BCUT2D eigenvalue weighted by atomic mass is 10.1. The number of hydrogen-bond donors (Lipinski definition) is 2. The quantitative estimate of drug-likeness (QED) is 0.874. The SMILES string of the molecule is Cc1cccc(NC(=O)C[NH2+][C@@H](C)c2ccc(Cl)cc2)c1C. The minimum atomic E-state index is 0.00881. The molecular formula is C18H22ClN2O+. The number of nitrogens with two attached hydrogens (primary N) is 1. The monoisotopic (exact) mass is 317 g/mol. The zero-order valence-corrected chi connectivity index (χ0v) is 13.9. The molecule has 3 nitrogen and oxygen atoms in total. The third-order valence-electron chi connectivity index (χ3n) is 3.93. The Morgan fingerprint density at radius 2 is 1.86 bits per heavy atom. The van der Waals surface area contributed by atoms with E-state index >= 15 is 0 Å². The minimum Gasteiger partial charge on any atom is -0.333 e. The van der Waals surface area contributed by atoms with Crippen LogP contribution in [0, 0.1) is 13.8 Å². The maximum absolute atomic E-state index is 12.1. The van der Waals surface area contributed by atoms with Crippen LogP contribution in [0.5, 0.6) is 0 Å². The fourth-order valence-electron chi connectivity index (χ4n) is 2.27. The Morgan fingerprint density at radius 1 is 1.18 bits per heavy atom. The molecule has 1 atom stereocenters. The van der Waals surface area contributed by atoms with Crippen molar-refractivity contribution >= 4 is 23.2 Å². The summed E-state index contributed by atoms with van der Waals surface area (Å²) in [5, 5.41) is 5.72. The number of nitrogens with one attached hydrogen (secondary N) is 1. The third-order valence-corrected chi connectivity index (χ3v) is 4.18. The van der Waals surface area contributed by atoms with Crippen molar-refractivity contribution in [1.82, 2.24) is 0 Å². The highest BCUT2D eigenvalue weighted by atomic mass is 35.5. The van der Waals surface area contributed by atoms with Crippen molar-refractivity contribution in [1.29, 1.82) is 0 Å². The van der Waals surface area contributed by atoms with Crippen LogP contribution in [0.3, 0.4) is 0 Å². The summed E-state index contributed by atoms with van der Waals surface area (Å²) in [5.74, 6) is 0.00881. The number of rotatable bonds is 5. The van der Waals surface area contributed by atoms with Gasteiger partial charge in [0.1, 0.15) is 6.04 Å². The Kier molecular flexibility index (Phi) is 5.58. The minimum absolute atomic E-state index is 0.00881. The molecule has 2 aromatic rings. The predicted octanol–water partition coefficient (Wildman–Crippen LogP) is 3.22.